The van der Waals surface area contributed by atoms with Gasteiger partial charge in [0, 0.05) is 18.2 Å². The first-order chi connectivity index (χ1) is 16.4. The molecule has 2 aliphatic heterocycles. The summed E-state index contributed by atoms with van der Waals surface area (Å²) in [6.07, 6.45) is 6.26. The van der Waals surface area contributed by atoms with Crippen LogP contribution in [0.5, 0.6) is 0 Å². The minimum atomic E-state index is -3.61. The van der Waals surface area contributed by atoms with E-state index in [4.69, 9.17) is 0 Å². The largest absolute Gasteiger partial charge is 0.378 e. The lowest BCUT2D eigenvalue weighted by atomic mass is 9.77. The minimum absolute atomic E-state index is 0.210. The molecule has 0 fully saturated rings. The van der Waals surface area contributed by atoms with Gasteiger partial charge >= 0.3 is 0 Å². The van der Waals surface area contributed by atoms with E-state index >= 15 is 0 Å². The third-order valence-electron chi connectivity index (χ3n) is 7.73. The molecule has 34 heavy (non-hydrogen) atoms. The minimum Gasteiger partial charge on any atom is -0.378 e. The Labute approximate surface area is 202 Å². The zero-order valence-corrected chi connectivity index (χ0v) is 20.4. The number of anilines is 2. The molecule has 0 spiro atoms. The van der Waals surface area contributed by atoms with Crippen LogP contribution in [0.1, 0.15) is 60.4 Å². The topological polar surface area (TPSA) is 49.4 Å². The van der Waals surface area contributed by atoms with Crippen molar-refractivity contribution in [1.82, 2.24) is 0 Å². The second-order valence-electron chi connectivity index (χ2n) is 10.0. The summed E-state index contributed by atoms with van der Waals surface area (Å²) < 4.78 is 28.8. The molecule has 0 bridgehead atoms. The van der Waals surface area contributed by atoms with Crippen molar-refractivity contribution in [3.05, 3.63) is 101 Å². The molecular weight excluding hydrogens is 440 g/mol. The number of hydrogen-bond donors (Lipinski definition) is 1. The molecule has 0 radical (unpaired) electrons. The molecule has 6 rings (SSSR count). The van der Waals surface area contributed by atoms with Crippen LogP contribution < -0.4 is 9.62 Å². The molecule has 3 aromatic rings. The predicted molar refractivity (Wildman–Crippen MR) is 138 cm³/mol. The number of benzene rings is 3. The maximum Gasteiger partial charge on any atom is 0.264 e. The van der Waals surface area contributed by atoms with Crippen molar-refractivity contribution in [3.63, 3.8) is 0 Å². The van der Waals surface area contributed by atoms with Crippen molar-refractivity contribution in [1.29, 1.82) is 0 Å². The molecular formula is C29H30N2O2S. The lowest BCUT2D eigenvalue weighted by molar-refractivity contribution is 0.425. The molecule has 0 aromatic heterocycles. The lowest BCUT2D eigenvalue weighted by Gasteiger charge is -2.38. The molecule has 1 N–H and O–H groups in total. The Morgan fingerprint density at radius 2 is 1.79 bits per heavy atom. The van der Waals surface area contributed by atoms with Crippen molar-refractivity contribution < 1.29 is 8.42 Å². The molecule has 3 aromatic carbocycles. The Morgan fingerprint density at radius 3 is 2.59 bits per heavy atom. The molecule has 3 atom stereocenters. The number of allylic oxidation sites excluding steroid dienone is 2. The number of hydrogen-bond acceptors (Lipinski definition) is 3. The van der Waals surface area contributed by atoms with Gasteiger partial charge in [0.25, 0.3) is 10.0 Å². The normalized spacial score (nSPS) is 22.9. The summed E-state index contributed by atoms with van der Waals surface area (Å²) in [7, 11) is -3.61. The Hall–Kier alpha value is -3.05. The standard InChI is InChI=1S/C29H30N2O2S/c1-19(2)20-10-12-22(13-11-20)29-25-8-5-7-24(25)26-18-23(14-15-27(26)30-29)34(32,33)31-17-16-21-6-3-4-9-28(21)31/h3-7,9-15,18-19,24-25,29-30H,8,16-17H2,1-2H3. The predicted octanol–water partition coefficient (Wildman–Crippen LogP) is 6.39. The number of nitrogens with zero attached hydrogens (tertiary/aromatic N) is 1. The molecule has 5 heteroatoms. The fourth-order valence-corrected chi connectivity index (χ4v) is 7.38. The van der Waals surface area contributed by atoms with Crippen LogP contribution in [0.25, 0.3) is 0 Å². The van der Waals surface area contributed by atoms with Crippen LogP contribution in [0.3, 0.4) is 0 Å². The van der Waals surface area contributed by atoms with Crippen LogP contribution in [0.2, 0.25) is 0 Å². The highest BCUT2D eigenvalue weighted by molar-refractivity contribution is 7.92. The van der Waals surface area contributed by atoms with Crippen LogP contribution >= 0.6 is 0 Å². The van der Waals surface area contributed by atoms with Gasteiger partial charge in [0.1, 0.15) is 0 Å². The summed E-state index contributed by atoms with van der Waals surface area (Å²) in [5.41, 5.74) is 6.66. The highest BCUT2D eigenvalue weighted by Gasteiger charge is 2.39. The average molecular weight is 471 g/mol. The SMILES string of the molecule is CC(C)c1ccc(C2Nc3ccc(S(=O)(=O)N4CCc5ccccc54)cc3C3C=CCC32)cc1. The van der Waals surface area contributed by atoms with E-state index in [2.05, 4.69) is 55.6 Å². The molecule has 1 aliphatic carbocycles. The van der Waals surface area contributed by atoms with Crippen molar-refractivity contribution in [2.75, 3.05) is 16.2 Å². The van der Waals surface area contributed by atoms with Crippen LogP contribution in [0.4, 0.5) is 11.4 Å². The molecule has 0 saturated heterocycles. The Morgan fingerprint density at radius 1 is 1.00 bits per heavy atom. The molecule has 3 aliphatic rings. The Balaban J connectivity index is 1.35. The van der Waals surface area contributed by atoms with Gasteiger partial charge in [-0.25, -0.2) is 8.42 Å². The van der Waals surface area contributed by atoms with E-state index < -0.39 is 10.0 Å². The lowest BCUT2D eigenvalue weighted by Crippen LogP contribution is -2.31. The summed E-state index contributed by atoms with van der Waals surface area (Å²) in [4.78, 5) is 0.378. The summed E-state index contributed by atoms with van der Waals surface area (Å²) in [5.74, 6) is 1.10. The van der Waals surface area contributed by atoms with E-state index in [0.29, 0.717) is 23.3 Å². The highest BCUT2D eigenvalue weighted by atomic mass is 32.2. The monoisotopic (exact) mass is 470 g/mol. The summed E-state index contributed by atoms with van der Waals surface area (Å²) in [6.45, 7) is 4.93. The maximum atomic E-state index is 13.6. The first-order valence-corrected chi connectivity index (χ1v) is 13.6. The van der Waals surface area contributed by atoms with Gasteiger partial charge in [0.15, 0.2) is 0 Å². The van der Waals surface area contributed by atoms with Gasteiger partial charge in [-0.15, -0.1) is 0 Å². The van der Waals surface area contributed by atoms with E-state index in [1.807, 2.05) is 36.4 Å². The number of para-hydroxylation sites is 1. The zero-order valence-electron chi connectivity index (χ0n) is 19.6. The molecule has 2 heterocycles. The van der Waals surface area contributed by atoms with Gasteiger partial charge < -0.3 is 5.32 Å². The second kappa shape index (κ2) is 8.02. The van der Waals surface area contributed by atoms with Gasteiger partial charge in [-0.05, 0) is 71.2 Å². The van der Waals surface area contributed by atoms with E-state index in [1.165, 1.54) is 11.1 Å². The van der Waals surface area contributed by atoms with Crippen molar-refractivity contribution in [2.24, 2.45) is 5.92 Å². The van der Waals surface area contributed by atoms with Crippen LogP contribution in [0.15, 0.2) is 83.8 Å². The average Bonchev–Trinajstić information content (AvgIpc) is 3.51. The van der Waals surface area contributed by atoms with Crippen molar-refractivity contribution in [3.8, 4) is 0 Å². The van der Waals surface area contributed by atoms with E-state index in [9.17, 15) is 8.42 Å². The summed E-state index contributed by atoms with van der Waals surface area (Å²) >= 11 is 0. The van der Waals surface area contributed by atoms with Gasteiger partial charge in [-0.2, -0.15) is 0 Å². The number of sulfonamides is 1. The fourth-order valence-electron chi connectivity index (χ4n) is 5.84. The second-order valence-corrected chi connectivity index (χ2v) is 11.9. The third kappa shape index (κ3) is 3.37. The van der Waals surface area contributed by atoms with Crippen molar-refractivity contribution >= 4 is 21.4 Å². The Kier molecular flexibility index (Phi) is 5.07. The first-order valence-electron chi connectivity index (χ1n) is 12.2. The first kappa shape index (κ1) is 21.5. The van der Waals surface area contributed by atoms with Gasteiger partial charge in [0.2, 0.25) is 0 Å². The van der Waals surface area contributed by atoms with E-state index in [-0.39, 0.29) is 12.0 Å². The van der Waals surface area contributed by atoms with Gasteiger partial charge in [-0.3, -0.25) is 4.31 Å². The fraction of sp³-hybridized carbons (Fsp3) is 0.310. The van der Waals surface area contributed by atoms with Gasteiger partial charge in [0.05, 0.1) is 16.6 Å². The quantitative estimate of drug-likeness (QED) is 0.450. The number of nitrogens with one attached hydrogen (secondary N) is 1. The van der Waals surface area contributed by atoms with E-state index in [0.717, 1.165) is 35.3 Å². The smallest absolute Gasteiger partial charge is 0.264 e. The Bertz CT molecular complexity index is 1380. The highest BCUT2D eigenvalue weighted by Crippen LogP contribution is 2.50. The van der Waals surface area contributed by atoms with Gasteiger partial charge in [-0.1, -0.05) is 68.5 Å². The van der Waals surface area contributed by atoms with E-state index in [1.54, 1.807) is 10.4 Å². The number of fused-ring (bicyclic) bond motifs is 4. The maximum absolute atomic E-state index is 13.6. The third-order valence-corrected chi connectivity index (χ3v) is 9.54. The number of rotatable bonds is 4. The molecule has 3 unspecified atom stereocenters. The summed E-state index contributed by atoms with van der Waals surface area (Å²) in [5, 5.41) is 3.75. The zero-order chi connectivity index (χ0) is 23.4. The molecule has 174 valence electrons. The van der Waals surface area contributed by atoms with Crippen LogP contribution in [-0.4, -0.2) is 15.0 Å². The van der Waals surface area contributed by atoms with Crippen LogP contribution in [-0.2, 0) is 16.4 Å². The summed E-state index contributed by atoms with van der Waals surface area (Å²) in [6, 6.07) is 22.6. The van der Waals surface area contributed by atoms with Crippen molar-refractivity contribution in [2.45, 2.75) is 49.5 Å². The molecule has 0 saturated carbocycles. The molecule has 4 nitrogen and oxygen atoms in total. The molecule has 0 amide bonds. The van der Waals surface area contributed by atoms with Crippen LogP contribution in [0, 0.1) is 5.92 Å².